The number of H-pyrrole nitrogens is 1. The Morgan fingerprint density at radius 2 is 2.05 bits per heavy atom. The summed E-state index contributed by atoms with van der Waals surface area (Å²) >= 11 is 5.96. The maximum absolute atomic E-state index is 5.96. The number of halogens is 1. The molecule has 0 radical (unpaired) electrons. The number of hydrogen-bond donors (Lipinski definition) is 2. The van der Waals surface area contributed by atoms with Gasteiger partial charge in [0.15, 0.2) is 17.0 Å². The molecular formula is C14H15ClN6O. The van der Waals surface area contributed by atoms with Gasteiger partial charge in [-0.15, -0.1) is 0 Å². The minimum Gasteiger partial charge on any atom is -0.465 e. The van der Waals surface area contributed by atoms with E-state index in [9.17, 15) is 0 Å². The lowest BCUT2D eigenvalue weighted by Crippen LogP contribution is -2.03. The number of pyridine rings is 1. The Morgan fingerprint density at radius 3 is 2.82 bits per heavy atom. The maximum Gasteiger partial charge on any atom is 0.295 e. The van der Waals surface area contributed by atoms with Crippen LogP contribution >= 0.6 is 11.6 Å². The molecule has 0 aromatic carbocycles. The van der Waals surface area contributed by atoms with Gasteiger partial charge >= 0.3 is 0 Å². The first kappa shape index (κ1) is 14.5. The number of aromatic nitrogens is 5. The average Bonchev–Trinajstić information content (AvgIpc) is 2.94. The van der Waals surface area contributed by atoms with Crippen molar-refractivity contribution in [3.8, 4) is 6.01 Å². The Bertz CT molecular complexity index is 761. The normalized spacial score (nSPS) is 10.8. The van der Waals surface area contributed by atoms with Crippen LogP contribution in [0.25, 0.3) is 11.2 Å². The lowest BCUT2D eigenvalue weighted by molar-refractivity contribution is 0.296. The molecule has 0 aliphatic carbocycles. The molecule has 0 aliphatic rings. The summed E-state index contributed by atoms with van der Waals surface area (Å²) in [6, 6.07) is 4.26. The minimum absolute atomic E-state index is 0.149. The molecule has 114 valence electrons. The third kappa shape index (κ3) is 3.25. The molecule has 7 nitrogen and oxygen atoms in total. The van der Waals surface area contributed by atoms with Crippen LogP contribution < -0.4 is 10.1 Å². The maximum atomic E-state index is 5.96. The van der Waals surface area contributed by atoms with Crippen molar-refractivity contribution in [2.45, 2.75) is 19.9 Å². The highest BCUT2D eigenvalue weighted by molar-refractivity contribution is 6.28. The van der Waals surface area contributed by atoms with Crippen LogP contribution in [0, 0.1) is 0 Å². The molecule has 0 saturated carbocycles. The second kappa shape index (κ2) is 6.57. The molecule has 3 aromatic rings. The van der Waals surface area contributed by atoms with Gasteiger partial charge in [-0.05, 0) is 35.7 Å². The zero-order valence-corrected chi connectivity index (χ0v) is 12.8. The molecule has 0 saturated heterocycles. The van der Waals surface area contributed by atoms with Crippen LogP contribution in [0.5, 0.6) is 6.01 Å². The molecule has 22 heavy (non-hydrogen) atoms. The molecule has 0 spiro atoms. The van der Waals surface area contributed by atoms with Gasteiger partial charge in [0.25, 0.3) is 6.01 Å². The standard InChI is InChI=1S/C14H15ClN6O/c1-2-7-22-14-18-10-11(19-13(15)20-12(10)21-14)17-8-9-3-5-16-6-4-9/h3-6H,2,7-8H2,1H3,(H2,17,18,19,20,21). The van der Waals surface area contributed by atoms with Gasteiger partial charge in [0.2, 0.25) is 5.28 Å². The molecule has 0 amide bonds. The predicted octanol–water partition coefficient (Wildman–Crippen LogP) is 2.80. The highest BCUT2D eigenvalue weighted by Crippen LogP contribution is 2.23. The van der Waals surface area contributed by atoms with Crippen molar-refractivity contribution in [2.75, 3.05) is 11.9 Å². The highest BCUT2D eigenvalue weighted by Gasteiger charge is 2.12. The summed E-state index contributed by atoms with van der Waals surface area (Å²) in [7, 11) is 0. The number of ether oxygens (including phenoxy) is 1. The average molecular weight is 319 g/mol. The van der Waals surface area contributed by atoms with Gasteiger partial charge in [-0.25, -0.2) is 0 Å². The SMILES string of the molecule is CCCOc1nc2c(NCc3ccncc3)nc(Cl)nc2[nH]1. The van der Waals surface area contributed by atoms with Gasteiger partial charge in [-0.2, -0.15) is 15.0 Å². The summed E-state index contributed by atoms with van der Waals surface area (Å²) in [5.41, 5.74) is 2.23. The molecule has 3 aromatic heterocycles. The van der Waals surface area contributed by atoms with Crippen molar-refractivity contribution in [1.82, 2.24) is 24.9 Å². The smallest absolute Gasteiger partial charge is 0.295 e. The van der Waals surface area contributed by atoms with E-state index in [-0.39, 0.29) is 5.28 Å². The Labute approximate surface area is 132 Å². The van der Waals surface area contributed by atoms with Crippen molar-refractivity contribution in [1.29, 1.82) is 0 Å². The van der Waals surface area contributed by atoms with Gasteiger partial charge in [-0.1, -0.05) is 6.92 Å². The number of hydrogen-bond acceptors (Lipinski definition) is 6. The topological polar surface area (TPSA) is 88.6 Å². The van der Waals surface area contributed by atoms with Gasteiger partial charge in [0.1, 0.15) is 0 Å². The minimum atomic E-state index is 0.149. The van der Waals surface area contributed by atoms with E-state index in [2.05, 4.69) is 30.2 Å². The monoisotopic (exact) mass is 318 g/mol. The molecule has 3 rings (SSSR count). The number of imidazole rings is 1. The van der Waals surface area contributed by atoms with E-state index in [1.54, 1.807) is 12.4 Å². The van der Waals surface area contributed by atoms with E-state index in [1.165, 1.54) is 0 Å². The lowest BCUT2D eigenvalue weighted by atomic mass is 10.3. The molecule has 2 N–H and O–H groups in total. The van der Waals surface area contributed by atoms with Crippen molar-refractivity contribution in [2.24, 2.45) is 0 Å². The second-order valence-corrected chi connectivity index (χ2v) is 4.98. The number of rotatable bonds is 6. The third-order valence-corrected chi connectivity index (χ3v) is 3.12. The summed E-state index contributed by atoms with van der Waals surface area (Å²) < 4.78 is 5.48. The fourth-order valence-corrected chi connectivity index (χ4v) is 2.10. The first-order chi connectivity index (χ1) is 10.8. The molecule has 0 aliphatic heterocycles. The quantitative estimate of drug-likeness (QED) is 0.679. The van der Waals surface area contributed by atoms with Crippen LogP contribution in [0.2, 0.25) is 5.28 Å². The fourth-order valence-electron chi connectivity index (χ4n) is 1.93. The van der Waals surface area contributed by atoms with Crippen molar-refractivity contribution >= 4 is 28.6 Å². The first-order valence-corrected chi connectivity index (χ1v) is 7.33. The Balaban J connectivity index is 1.85. The zero-order valence-electron chi connectivity index (χ0n) is 12.0. The molecule has 0 unspecified atom stereocenters. The largest absolute Gasteiger partial charge is 0.465 e. The Morgan fingerprint density at radius 1 is 1.23 bits per heavy atom. The van der Waals surface area contributed by atoms with E-state index in [4.69, 9.17) is 16.3 Å². The number of fused-ring (bicyclic) bond motifs is 1. The van der Waals surface area contributed by atoms with Crippen molar-refractivity contribution in [3.63, 3.8) is 0 Å². The van der Waals surface area contributed by atoms with E-state index in [0.29, 0.717) is 36.1 Å². The lowest BCUT2D eigenvalue weighted by Gasteiger charge is -2.05. The summed E-state index contributed by atoms with van der Waals surface area (Å²) in [4.78, 5) is 19.7. The number of aromatic amines is 1. The molecular weight excluding hydrogens is 304 g/mol. The third-order valence-electron chi connectivity index (χ3n) is 2.95. The summed E-state index contributed by atoms with van der Waals surface area (Å²) in [5, 5.41) is 3.36. The van der Waals surface area contributed by atoms with E-state index < -0.39 is 0 Å². The van der Waals surface area contributed by atoms with Crippen LogP contribution in [0.4, 0.5) is 5.82 Å². The van der Waals surface area contributed by atoms with Gasteiger partial charge < -0.3 is 10.1 Å². The first-order valence-electron chi connectivity index (χ1n) is 6.95. The Hall–Kier alpha value is -2.41. The zero-order chi connectivity index (χ0) is 15.4. The molecule has 0 bridgehead atoms. The van der Waals surface area contributed by atoms with E-state index in [0.717, 1.165) is 12.0 Å². The number of nitrogens with one attached hydrogen (secondary N) is 2. The van der Waals surface area contributed by atoms with Gasteiger partial charge in [0, 0.05) is 18.9 Å². The number of nitrogens with zero attached hydrogens (tertiary/aromatic N) is 4. The molecule has 3 heterocycles. The molecule has 0 atom stereocenters. The number of anilines is 1. The summed E-state index contributed by atoms with van der Waals surface area (Å²) in [5.74, 6) is 0.564. The van der Waals surface area contributed by atoms with Crippen molar-refractivity contribution < 1.29 is 4.74 Å². The summed E-state index contributed by atoms with van der Waals surface area (Å²) in [6.45, 7) is 3.20. The van der Waals surface area contributed by atoms with Gasteiger partial charge in [-0.3, -0.25) is 9.97 Å². The molecule has 0 fully saturated rings. The van der Waals surface area contributed by atoms with Crippen molar-refractivity contribution in [3.05, 3.63) is 35.4 Å². The van der Waals surface area contributed by atoms with E-state index >= 15 is 0 Å². The second-order valence-electron chi connectivity index (χ2n) is 4.64. The highest BCUT2D eigenvalue weighted by atomic mass is 35.5. The predicted molar refractivity (Wildman–Crippen MR) is 84.0 cm³/mol. The van der Waals surface area contributed by atoms with E-state index in [1.807, 2.05) is 19.1 Å². The van der Waals surface area contributed by atoms with Gasteiger partial charge in [0.05, 0.1) is 6.61 Å². The van der Waals surface area contributed by atoms with Crippen LogP contribution in [-0.4, -0.2) is 31.5 Å². The van der Waals surface area contributed by atoms with Crippen LogP contribution in [0.3, 0.4) is 0 Å². The Kier molecular flexibility index (Phi) is 4.34. The van der Waals surface area contributed by atoms with Crippen LogP contribution in [0.1, 0.15) is 18.9 Å². The molecule has 8 heteroatoms. The van der Waals surface area contributed by atoms with Crippen LogP contribution in [0.15, 0.2) is 24.5 Å². The fraction of sp³-hybridized carbons (Fsp3) is 0.286. The summed E-state index contributed by atoms with van der Waals surface area (Å²) in [6.07, 6.45) is 4.38. The van der Waals surface area contributed by atoms with Crippen LogP contribution in [-0.2, 0) is 6.54 Å².